The quantitative estimate of drug-likeness (QED) is 0.0212. The molecule has 0 aromatic carbocycles. The number of carbonyl (C=O) groups excluding carboxylic acids is 2. The first-order valence-electron chi connectivity index (χ1n) is 24.4. The number of esters is 2. The number of phosphoric acid groups is 1. The van der Waals surface area contributed by atoms with Crippen molar-refractivity contribution in [2.75, 3.05) is 47.5 Å². The topological polar surface area (TPSA) is 108 Å². The highest BCUT2D eigenvalue weighted by Gasteiger charge is 2.27. The average molecular weight is 845 g/mol. The molecule has 2 atom stereocenters. The van der Waals surface area contributed by atoms with Gasteiger partial charge in [-0.25, -0.2) is 4.57 Å². The number of phosphoric ester groups is 1. The van der Waals surface area contributed by atoms with Gasteiger partial charge in [-0.05, 0) is 38.5 Å². The van der Waals surface area contributed by atoms with E-state index in [0.717, 1.165) is 32.1 Å². The van der Waals surface area contributed by atoms with Gasteiger partial charge in [-0.15, -0.1) is 0 Å². The lowest BCUT2D eigenvalue weighted by atomic mass is 10.0. The molecule has 1 unspecified atom stereocenters. The number of hydrogen-bond donors (Lipinski definition) is 1. The Morgan fingerprint density at radius 2 is 0.879 bits per heavy atom. The Bertz CT molecular complexity index is 1000. The van der Waals surface area contributed by atoms with Gasteiger partial charge < -0.3 is 18.9 Å². The molecule has 0 aromatic heterocycles. The fourth-order valence-electron chi connectivity index (χ4n) is 6.95. The van der Waals surface area contributed by atoms with Crippen molar-refractivity contribution in [2.45, 2.75) is 238 Å². The van der Waals surface area contributed by atoms with E-state index < -0.39 is 26.5 Å². The summed E-state index contributed by atoms with van der Waals surface area (Å²) in [5.74, 6) is -0.811. The van der Waals surface area contributed by atoms with Gasteiger partial charge in [-0.2, -0.15) is 0 Å². The zero-order valence-electron chi connectivity index (χ0n) is 38.8. The molecule has 0 aliphatic rings. The Morgan fingerprint density at radius 1 is 0.517 bits per heavy atom. The van der Waals surface area contributed by atoms with E-state index in [0.29, 0.717) is 23.9 Å². The molecule has 0 aliphatic heterocycles. The molecule has 0 fully saturated rings. The Labute approximate surface area is 358 Å². The molecule has 0 saturated heterocycles. The van der Waals surface area contributed by atoms with E-state index in [9.17, 15) is 19.0 Å². The molecule has 1 N–H and O–H groups in total. The maximum atomic E-state index is 12.7. The molecule has 58 heavy (non-hydrogen) atoms. The first-order valence-corrected chi connectivity index (χ1v) is 25.9. The molecule has 0 amide bonds. The normalized spacial score (nSPS) is 13.6. The van der Waals surface area contributed by atoms with E-state index in [1.807, 2.05) is 21.1 Å². The van der Waals surface area contributed by atoms with Crippen molar-refractivity contribution in [1.29, 1.82) is 0 Å². The summed E-state index contributed by atoms with van der Waals surface area (Å²) in [6, 6.07) is 0. The van der Waals surface area contributed by atoms with Gasteiger partial charge in [-0.3, -0.25) is 18.6 Å². The van der Waals surface area contributed by atoms with E-state index in [1.54, 1.807) is 0 Å². The summed E-state index contributed by atoms with van der Waals surface area (Å²) in [7, 11) is 1.48. The molecule has 0 rings (SSSR count). The number of ether oxygens (including phenoxy) is 2. The lowest BCUT2D eigenvalue weighted by Crippen LogP contribution is -2.37. The van der Waals surface area contributed by atoms with Gasteiger partial charge in [0.15, 0.2) is 6.10 Å². The third kappa shape index (κ3) is 44.3. The summed E-state index contributed by atoms with van der Waals surface area (Å²) in [6.45, 7) is 4.44. The molecular formula is C48H95NO8P+. The average Bonchev–Trinajstić information content (AvgIpc) is 3.17. The molecule has 9 nitrogen and oxygen atoms in total. The van der Waals surface area contributed by atoms with E-state index in [-0.39, 0.29) is 32.0 Å². The fraction of sp³-hybridized carbons (Fsp3) is 0.917. The van der Waals surface area contributed by atoms with Crippen LogP contribution in [0, 0.1) is 0 Å². The second kappa shape index (κ2) is 41.1. The number of hydrogen-bond acceptors (Lipinski definition) is 7. The molecule has 0 spiro atoms. The van der Waals surface area contributed by atoms with E-state index >= 15 is 0 Å². The van der Waals surface area contributed by atoms with Crippen LogP contribution < -0.4 is 0 Å². The Hall–Kier alpha value is -1.25. The van der Waals surface area contributed by atoms with Gasteiger partial charge in [0.1, 0.15) is 19.8 Å². The number of likely N-dealkylation sites (N-methyl/N-ethyl adjacent to an activating group) is 1. The van der Waals surface area contributed by atoms with Crippen LogP contribution in [0.3, 0.4) is 0 Å². The molecule has 0 aliphatic carbocycles. The molecule has 0 saturated carbocycles. The van der Waals surface area contributed by atoms with Crippen LogP contribution in [-0.4, -0.2) is 74.9 Å². The van der Waals surface area contributed by atoms with Gasteiger partial charge in [-0.1, -0.05) is 193 Å². The lowest BCUT2D eigenvalue weighted by Gasteiger charge is -2.24. The minimum atomic E-state index is -4.38. The smallest absolute Gasteiger partial charge is 0.462 e. The number of unbranched alkanes of at least 4 members (excludes halogenated alkanes) is 29. The summed E-state index contributed by atoms with van der Waals surface area (Å²) in [6.07, 6.45) is 44.0. The van der Waals surface area contributed by atoms with Crippen LogP contribution >= 0.6 is 7.82 Å². The van der Waals surface area contributed by atoms with Gasteiger partial charge >= 0.3 is 19.8 Å². The van der Waals surface area contributed by atoms with Crippen LogP contribution in [-0.2, 0) is 32.7 Å². The second-order valence-electron chi connectivity index (χ2n) is 17.9. The summed E-state index contributed by atoms with van der Waals surface area (Å²) in [5.41, 5.74) is 0. The third-order valence-electron chi connectivity index (χ3n) is 10.8. The van der Waals surface area contributed by atoms with Crippen LogP contribution in [0.25, 0.3) is 0 Å². The van der Waals surface area contributed by atoms with Gasteiger partial charge in [0.05, 0.1) is 27.7 Å². The number of nitrogens with zero attached hydrogens (tertiary/aromatic N) is 1. The number of rotatable bonds is 45. The molecule has 10 heteroatoms. The van der Waals surface area contributed by atoms with Crippen molar-refractivity contribution >= 4 is 19.8 Å². The van der Waals surface area contributed by atoms with E-state index in [2.05, 4.69) is 26.0 Å². The van der Waals surface area contributed by atoms with Crippen LogP contribution in [0.5, 0.6) is 0 Å². The maximum absolute atomic E-state index is 12.7. The van der Waals surface area contributed by atoms with Crippen molar-refractivity contribution in [2.24, 2.45) is 0 Å². The molecule has 0 radical (unpaired) electrons. The van der Waals surface area contributed by atoms with Crippen molar-refractivity contribution in [3.8, 4) is 0 Å². The number of carbonyl (C=O) groups is 2. The Morgan fingerprint density at radius 3 is 1.31 bits per heavy atom. The molecule has 0 bridgehead atoms. The molecule has 0 heterocycles. The Kier molecular flexibility index (Phi) is 40.2. The minimum Gasteiger partial charge on any atom is -0.462 e. The summed E-state index contributed by atoms with van der Waals surface area (Å²) >= 11 is 0. The monoisotopic (exact) mass is 845 g/mol. The van der Waals surface area contributed by atoms with Crippen LogP contribution in [0.4, 0.5) is 0 Å². The fourth-order valence-corrected chi connectivity index (χ4v) is 7.69. The standard InChI is InChI=1S/C48H94NO8P/c1-6-8-10-12-14-16-18-20-22-23-24-25-27-29-31-33-35-37-39-41-48(51)57-46(45-56-58(52,53)55-43-42-49(3,4)5)44-54-47(50)40-38-36-34-32-30-28-26-21-19-17-15-13-11-9-7-2/h30,32,46H,6-29,31,33-45H2,1-5H3/p+1/b32-30+/t46-/m1/s1. The zero-order valence-corrected chi connectivity index (χ0v) is 39.7. The zero-order chi connectivity index (χ0) is 42.8. The molecule has 0 aromatic rings. The van der Waals surface area contributed by atoms with Crippen LogP contribution in [0.15, 0.2) is 12.2 Å². The van der Waals surface area contributed by atoms with Gasteiger partial charge in [0.2, 0.25) is 0 Å². The van der Waals surface area contributed by atoms with Crippen LogP contribution in [0.1, 0.15) is 232 Å². The van der Waals surface area contributed by atoms with Crippen LogP contribution in [0.2, 0.25) is 0 Å². The Balaban J connectivity index is 4.27. The number of allylic oxidation sites excluding steroid dienone is 2. The lowest BCUT2D eigenvalue weighted by molar-refractivity contribution is -0.870. The minimum absolute atomic E-state index is 0.0323. The first-order chi connectivity index (χ1) is 28.0. The van der Waals surface area contributed by atoms with Gasteiger partial charge in [0, 0.05) is 12.8 Å². The number of quaternary nitrogens is 1. The predicted molar refractivity (Wildman–Crippen MR) is 243 cm³/mol. The van der Waals surface area contributed by atoms with Gasteiger partial charge in [0.25, 0.3) is 0 Å². The van der Waals surface area contributed by atoms with Crippen molar-refractivity contribution in [3.63, 3.8) is 0 Å². The summed E-state index contributed by atoms with van der Waals surface area (Å²) in [4.78, 5) is 35.4. The van der Waals surface area contributed by atoms with E-state index in [4.69, 9.17) is 18.5 Å². The summed E-state index contributed by atoms with van der Waals surface area (Å²) < 4.78 is 34.4. The summed E-state index contributed by atoms with van der Waals surface area (Å²) in [5, 5.41) is 0. The molecular weight excluding hydrogens is 750 g/mol. The van der Waals surface area contributed by atoms with Crippen molar-refractivity contribution in [1.82, 2.24) is 0 Å². The van der Waals surface area contributed by atoms with E-state index in [1.165, 1.54) is 161 Å². The largest absolute Gasteiger partial charge is 0.472 e. The van der Waals surface area contributed by atoms with Crippen molar-refractivity contribution in [3.05, 3.63) is 12.2 Å². The SMILES string of the molecule is CCCCCCCCCCC/C=C/CCCCC(=O)OC[C@H](COP(=O)(O)OCC[N+](C)(C)C)OC(=O)CCCCCCCCCCCCCCCCCCCCC. The highest BCUT2D eigenvalue weighted by molar-refractivity contribution is 7.47. The second-order valence-corrected chi connectivity index (χ2v) is 19.3. The van der Waals surface area contributed by atoms with Crippen molar-refractivity contribution < 1.29 is 42.1 Å². The molecule has 344 valence electrons. The maximum Gasteiger partial charge on any atom is 0.472 e. The third-order valence-corrected chi connectivity index (χ3v) is 11.8. The first kappa shape index (κ1) is 56.8. The highest BCUT2D eigenvalue weighted by Crippen LogP contribution is 2.43. The highest BCUT2D eigenvalue weighted by atomic mass is 31.2. The predicted octanol–water partition coefficient (Wildman–Crippen LogP) is 14.1.